The van der Waals surface area contributed by atoms with Gasteiger partial charge in [-0.05, 0) is 36.6 Å². The van der Waals surface area contributed by atoms with E-state index in [1.165, 1.54) is 0 Å². The minimum Gasteiger partial charge on any atom is -0.349 e. The van der Waals surface area contributed by atoms with Gasteiger partial charge in [0.15, 0.2) is 0 Å². The average Bonchev–Trinajstić information content (AvgIpc) is 2.49. The SMILES string of the molecule is CC[C@@H](C(=O)N[C@H](C)c1cccc(Br)c1)c1ccccc1. The minimum atomic E-state index is -0.0965. The molecule has 0 radical (unpaired) electrons. The summed E-state index contributed by atoms with van der Waals surface area (Å²) in [5.41, 5.74) is 2.17. The maximum atomic E-state index is 12.5. The number of nitrogens with one attached hydrogen (secondary N) is 1. The molecule has 2 rings (SSSR count). The standard InChI is InChI=1S/C18H20BrNO/c1-3-17(14-8-5-4-6-9-14)18(21)20-13(2)15-10-7-11-16(19)12-15/h4-13,17H,3H2,1-2H3,(H,20,21)/t13-,17-/m1/s1. The Morgan fingerprint density at radius 1 is 1.10 bits per heavy atom. The maximum Gasteiger partial charge on any atom is 0.228 e. The molecule has 0 spiro atoms. The Bertz CT molecular complexity index is 597. The van der Waals surface area contributed by atoms with Gasteiger partial charge in [0.05, 0.1) is 12.0 Å². The lowest BCUT2D eigenvalue weighted by molar-refractivity contribution is -0.123. The molecule has 0 heterocycles. The molecule has 0 aromatic heterocycles. The molecular weight excluding hydrogens is 326 g/mol. The van der Waals surface area contributed by atoms with Crippen LogP contribution in [0.3, 0.4) is 0 Å². The van der Waals surface area contributed by atoms with Crippen molar-refractivity contribution in [2.24, 2.45) is 0 Å². The van der Waals surface area contributed by atoms with Crippen LogP contribution < -0.4 is 5.32 Å². The Morgan fingerprint density at radius 2 is 1.76 bits per heavy atom. The normalized spacial score (nSPS) is 13.5. The number of halogens is 1. The zero-order valence-corrected chi connectivity index (χ0v) is 13.9. The van der Waals surface area contributed by atoms with Crippen LogP contribution in [-0.4, -0.2) is 5.91 Å². The molecule has 0 saturated heterocycles. The van der Waals surface area contributed by atoms with Gasteiger partial charge in [-0.2, -0.15) is 0 Å². The van der Waals surface area contributed by atoms with E-state index in [2.05, 4.69) is 21.2 Å². The highest BCUT2D eigenvalue weighted by molar-refractivity contribution is 9.10. The Morgan fingerprint density at radius 3 is 2.38 bits per heavy atom. The van der Waals surface area contributed by atoms with E-state index in [-0.39, 0.29) is 17.9 Å². The summed E-state index contributed by atoms with van der Waals surface area (Å²) in [6.07, 6.45) is 0.793. The van der Waals surface area contributed by atoms with Crippen molar-refractivity contribution in [2.45, 2.75) is 32.2 Å². The van der Waals surface area contributed by atoms with E-state index in [4.69, 9.17) is 0 Å². The van der Waals surface area contributed by atoms with E-state index in [9.17, 15) is 4.79 Å². The largest absolute Gasteiger partial charge is 0.349 e. The van der Waals surface area contributed by atoms with Crippen LogP contribution in [0.4, 0.5) is 0 Å². The third-order valence-corrected chi connectivity index (χ3v) is 4.13. The number of benzene rings is 2. The topological polar surface area (TPSA) is 29.1 Å². The van der Waals surface area contributed by atoms with E-state index >= 15 is 0 Å². The van der Waals surface area contributed by atoms with Gasteiger partial charge < -0.3 is 5.32 Å². The van der Waals surface area contributed by atoms with Gasteiger partial charge >= 0.3 is 0 Å². The van der Waals surface area contributed by atoms with Crippen molar-refractivity contribution in [1.29, 1.82) is 0 Å². The van der Waals surface area contributed by atoms with Crippen molar-refractivity contribution >= 4 is 21.8 Å². The molecule has 0 aliphatic carbocycles. The third-order valence-electron chi connectivity index (χ3n) is 3.63. The molecule has 1 amide bonds. The first-order valence-electron chi connectivity index (χ1n) is 7.22. The summed E-state index contributed by atoms with van der Waals surface area (Å²) in [5.74, 6) is -0.0167. The van der Waals surface area contributed by atoms with Crippen molar-refractivity contribution in [3.8, 4) is 0 Å². The van der Waals surface area contributed by atoms with Gasteiger partial charge in [0.25, 0.3) is 0 Å². The molecule has 0 fully saturated rings. The fourth-order valence-corrected chi connectivity index (χ4v) is 2.85. The van der Waals surface area contributed by atoms with E-state index in [1.54, 1.807) is 0 Å². The second-order valence-corrected chi connectivity index (χ2v) is 6.07. The van der Waals surface area contributed by atoms with Crippen LogP contribution in [-0.2, 0) is 4.79 Å². The van der Waals surface area contributed by atoms with Crippen LogP contribution in [0.2, 0.25) is 0 Å². The van der Waals surface area contributed by atoms with Crippen LogP contribution >= 0.6 is 15.9 Å². The first-order valence-corrected chi connectivity index (χ1v) is 8.02. The summed E-state index contributed by atoms with van der Waals surface area (Å²) in [6, 6.07) is 18.0. The lowest BCUT2D eigenvalue weighted by Crippen LogP contribution is -2.31. The number of carbonyl (C=O) groups excluding carboxylic acids is 1. The molecule has 0 aliphatic rings. The zero-order chi connectivity index (χ0) is 15.2. The summed E-state index contributed by atoms with van der Waals surface area (Å²) in [5, 5.41) is 3.11. The van der Waals surface area contributed by atoms with Gasteiger partial charge in [0, 0.05) is 4.47 Å². The lowest BCUT2D eigenvalue weighted by atomic mass is 9.95. The Labute approximate surface area is 134 Å². The number of hydrogen-bond acceptors (Lipinski definition) is 1. The molecule has 0 unspecified atom stereocenters. The second-order valence-electron chi connectivity index (χ2n) is 5.16. The molecule has 110 valence electrons. The van der Waals surface area contributed by atoms with Gasteiger partial charge in [0.1, 0.15) is 0 Å². The third kappa shape index (κ3) is 4.18. The molecule has 0 aliphatic heterocycles. The molecule has 2 nitrogen and oxygen atoms in total. The summed E-state index contributed by atoms with van der Waals surface area (Å²) < 4.78 is 1.02. The van der Waals surface area contributed by atoms with E-state index in [1.807, 2.05) is 68.4 Å². The fraction of sp³-hybridized carbons (Fsp3) is 0.278. The Hall–Kier alpha value is -1.61. The summed E-state index contributed by atoms with van der Waals surface area (Å²) in [4.78, 5) is 12.5. The average molecular weight is 346 g/mol. The highest BCUT2D eigenvalue weighted by Gasteiger charge is 2.20. The molecule has 2 atom stereocenters. The summed E-state index contributed by atoms with van der Waals surface area (Å²) >= 11 is 3.46. The predicted molar refractivity (Wildman–Crippen MR) is 90.2 cm³/mol. The van der Waals surface area contributed by atoms with Gasteiger partial charge in [-0.1, -0.05) is 65.3 Å². The molecule has 2 aromatic rings. The predicted octanol–water partition coefficient (Wildman–Crippen LogP) is 4.82. The number of amides is 1. The van der Waals surface area contributed by atoms with Crippen LogP contribution in [0, 0.1) is 0 Å². The summed E-state index contributed by atoms with van der Waals surface area (Å²) in [6.45, 7) is 4.05. The van der Waals surface area contributed by atoms with Crippen molar-refractivity contribution < 1.29 is 4.79 Å². The Balaban J connectivity index is 2.09. The molecule has 0 saturated carbocycles. The highest BCUT2D eigenvalue weighted by Crippen LogP contribution is 2.22. The minimum absolute atomic E-state index is 0.00670. The van der Waals surface area contributed by atoms with Gasteiger partial charge in [-0.3, -0.25) is 4.79 Å². The zero-order valence-electron chi connectivity index (χ0n) is 12.3. The van der Waals surface area contributed by atoms with Crippen molar-refractivity contribution in [2.75, 3.05) is 0 Å². The smallest absolute Gasteiger partial charge is 0.228 e. The van der Waals surface area contributed by atoms with Gasteiger partial charge in [-0.25, -0.2) is 0 Å². The molecule has 2 aromatic carbocycles. The molecule has 1 N–H and O–H groups in total. The first kappa shape index (κ1) is 15.8. The lowest BCUT2D eigenvalue weighted by Gasteiger charge is -2.20. The molecular formula is C18H20BrNO. The quantitative estimate of drug-likeness (QED) is 0.826. The fourth-order valence-electron chi connectivity index (χ4n) is 2.43. The van der Waals surface area contributed by atoms with Crippen LogP contribution in [0.5, 0.6) is 0 Å². The van der Waals surface area contributed by atoms with Crippen LogP contribution in [0.1, 0.15) is 43.4 Å². The molecule has 0 bridgehead atoms. The number of rotatable bonds is 5. The number of carbonyl (C=O) groups is 1. The Kier molecular flexibility index (Phi) is 5.57. The van der Waals surface area contributed by atoms with Crippen LogP contribution in [0.25, 0.3) is 0 Å². The van der Waals surface area contributed by atoms with Crippen molar-refractivity contribution in [3.05, 3.63) is 70.2 Å². The first-order chi connectivity index (χ1) is 10.1. The van der Waals surface area contributed by atoms with E-state index in [0.29, 0.717) is 0 Å². The van der Waals surface area contributed by atoms with Gasteiger partial charge in [-0.15, -0.1) is 0 Å². The summed E-state index contributed by atoms with van der Waals surface area (Å²) in [7, 11) is 0. The monoisotopic (exact) mass is 345 g/mol. The van der Waals surface area contributed by atoms with E-state index in [0.717, 1.165) is 22.0 Å². The molecule has 3 heteroatoms. The van der Waals surface area contributed by atoms with Crippen LogP contribution in [0.15, 0.2) is 59.1 Å². The highest BCUT2D eigenvalue weighted by atomic mass is 79.9. The maximum absolute atomic E-state index is 12.5. The second kappa shape index (κ2) is 7.41. The van der Waals surface area contributed by atoms with E-state index < -0.39 is 0 Å². The van der Waals surface area contributed by atoms with Crippen molar-refractivity contribution in [3.63, 3.8) is 0 Å². The van der Waals surface area contributed by atoms with Gasteiger partial charge in [0.2, 0.25) is 5.91 Å². The number of hydrogen-bond donors (Lipinski definition) is 1. The van der Waals surface area contributed by atoms with Crippen molar-refractivity contribution in [1.82, 2.24) is 5.32 Å². The molecule has 21 heavy (non-hydrogen) atoms.